The van der Waals surface area contributed by atoms with Crippen LogP contribution in [0.3, 0.4) is 0 Å². The third-order valence-corrected chi connectivity index (χ3v) is 3.32. The first-order valence-electron chi connectivity index (χ1n) is 7.80. The van der Waals surface area contributed by atoms with Crippen molar-refractivity contribution >= 4 is 11.9 Å². The molecular formula is C18H23NO7. The Morgan fingerprint density at radius 1 is 1.04 bits per heavy atom. The fraction of sp³-hybridized carbons (Fsp3) is 0.333. The Balaban J connectivity index is 0.000000487. The molecule has 26 heavy (non-hydrogen) atoms. The molecule has 0 amide bonds. The van der Waals surface area contributed by atoms with Crippen LogP contribution in [0.4, 0.5) is 0 Å². The van der Waals surface area contributed by atoms with E-state index in [9.17, 15) is 0 Å². The minimum atomic E-state index is -1.82. The number of furan rings is 1. The molecule has 0 bridgehead atoms. The molecule has 1 heterocycles. The zero-order valence-corrected chi connectivity index (χ0v) is 14.9. The summed E-state index contributed by atoms with van der Waals surface area (Å²) in [5, 5.41) is 18.1. The molecule has 8 nitrogen and oxygen atoms in total. The Morgan fingerprint density at radius 2 is 1.69 bits per heavy atom. The Bertz CT molecular complexity index is 712. The highest BCUT2D eigenvalue weighted by molar-refractivity contribution is 6.27. The first-order chi connectivity index (χ1) is 12.4. The SMILES string of the molecule is COc1ccc(CCNCc2ccc(C)o2)cc1OC.O=C(O)C(=O)O. The number of benzene rings is 1. The van der Waals surface area contributed by atoms with Crippen molar-refractivity contribution in [3.8, 4) is 11.5 Å². The van der Waals surface area contributed by atoms with Gasteiger partial charge in [0.05, 0.1) is 20.8 Å². The van der Waals surface area contributed by atoms with Crippen LogP contribution in [0, 0.1) is 6.92 Å². The maximum absolute atomic E-state index is 9.10. The minimum Gasteiger partial charge on any atom is -0.493 e. The van der Waals surface area contributed by atoms with E-state index in [0.717, 1.165) is 42.5 Å². The van der Waals surface area contributed by atoms with Crippen molar-refractivity contribution < 1.29 is 33.7 Å². The van der Waals surface area contributed by atoms with E-state index < -0.39 is 11.9 Å². The van der Waals surface area contributed by atoms with Gasteiger partial charge in [-0.25, -0.2) is 9.59 Å². The van der Waals surface area contributed by atoms with Crippen molar-refractivity contribution in [2.24, 2.45) is 0 Å². The van der Waals surface area contributed by atoms with Crippen LogP contribution < -0.4 is 14.8 Å². The molecule has 142 valence electrons. The number of carboxylic acid groups (broad SMARTS) is 2. The molecule has 0 fully saturated rings. The number of hydrogen-bond acceptors (Lipinski definition) is 6. The lowest BCUT2D eigenvalue weighted by Crippen LogP contribution is -2.16. The minimum absolute atomic E-state index is 0.751. The molecule has 2 aromatic rings. The molecule has 0 unspecified atom stereocenters. The van der Waals surface area contributed by atoms with Crippen molar-refractivity contribution in [2.45, 2.75) is 19.9 Å². The lowest BCUT2D eigenvalue weighted by Gasteiger charge is -2.09. The van der Waals surface area contributed by atoms with E-state index in [4.69, 9.17) is 33.7 Å². The molecule has 0 saturated carbocycles. The summed E-state index contributed by atoms with van der Waals surface area (Å²) in [6.07, 6.45) is 0.931. The van der Waals surface area contributed by atoms with E-state index in [1.807, 2.05) is 31.2 Å². The smallest absolute Gasteiger partial charge is 0.414 e. The van der Waals surface area contributed by atoms with Crippen LogP contribution in [-0.2, 0) is 22.6 Å². The molecule has 0 aliphatic heterocycles. The van der Waals surface area contributed by atoms with Gasteiger partial charge in [-0.1, -0.05) is 6.07 Å². The van der Waals surface area contributed by atoms with Crippen molar-refractivity contribution in [3.63, 3.8) is 0 Å². The van der Waals surface area contributed by atoms with E-state index in [0.29, 0.717) is 0 Å². The number of aryl methyl sites for hydroxylation is 1. The van der Waals surface area contributed by atoms with Gasteiger partial charge in [-0.15, -0.1) is 0 Å². The summed E-state index contributed by atoms with van der Waals surface area (Å²) in [5.74, 6) is -0.205. The summed E-state index contributed by atoms with van der Waals surface area (Å²) in [4.78, 5) is 18.2. The summed E-state index contributed by atoms with van der Waals surface area (Å²) in [6, 6.07) is 9.98. The zero-order valence-electron chi connectivity index (χ0n) is 14.9. The largest absolute Gasteiger partial charge is 0.493 e. The number of methoxy groups -OCH3 is 2. The molecule has 0 aliphatic rings. The highest BCUT2D eigenvalue weighted by atomic mass is 16.5. The summed E-state index contributed by atoms with van der Waals surface area (Å²) in [6.45, 7) is 3.59. The highest BCUT2D eigenvalue weighted by Crippen LogP contribution is 2.27. The average Bonchev–Trinajstić information content (AvgIpc) is 3.04. The quantitative estimate of drug-likeness (QED) is 0.504. The second-order valence-corrected chi connectivity index (χ2v) is 5.24. The van der Waals surface area contributed by atoms with Gasteiger partial charge in [-0.3, -0.25) is 0 Å². The van der Waals surface area contributed by atoms with E-state index in [1.165, 1.54) is 5.56 Å². The second kappa shape index (κ2) is 10.8. The van der Waals surface area contributed by atoms with E-state index in [-0.39, 0.29) is 0 Å². The summed E-state index contributed by atoms with van der Waals surface area (Å²) in [7, 11) is 3.30. The molecule has 2 rings (SSSR count). The zero-order chi connectivity index (χ0) is 19.5. The van der Waals surface area contributed by atoms with Gasteiger partial charge in [0, 0.05) is 0 Å². The van der Waals surface area contributed by atoms with Crippen LogP contribution >= 0.6 is 0 Å². The third kappa shape index (κ3) is 7.27. The van der Waals surface area contributed by atoms with Crippen molar-refractivity contribution in [1.82, 2.24) is 5.32 Å². The molecule has 8 heteroatoms. The van der Waals surface area contributed by atoms with Crippen LogP contribution in [0.2, 0.25) is 0 Å². The number of rotatable bonds is 7. The first kappa shape index (κ1) is 21.0. The van der Waals surface area contributed by atoms with Crippen LogP contribution in [0.25, 0.3) is 0 Å². The van der Waals surface area contributed by atoms with Gasteiger partial charge in [-0.05, 0) is 49.7 Å². The Hall–Kier alpha value is -3.00. The normalized spacial score (nSPS) is 9.81. The molecular weight excluding hydrogens is 342 g/mol. The monoisotopic (exact) mass is 365 g/mol. The molecule has 3 N–H and O–H groups in total. The summed E-state index contributed by atoms with van der Waals surface area (Å²) in [5.41, 5.74) is 1.21. The van der Waals surface area contributed by atoms with Gasteiger partial charge in [0.25, 0.3) is 0 Å². The number of ether oxygens (including phenoxy) is 2. The van der Waals surface area contributed by atoms with Gasteiger partial charge in [0.2, 0.25) is 0 Å². The maximum atomic E-state index is 9.10. The van der Waals surface area contributed by atoms with Crippen LogP contribution in [0.1, 0.15) is 17.1 Å². The number of carbonyl (C=O) groups is 2. The number of nitrogens with one attached hydrogen (secondary N) is 1. The second-order valence-electron chi connectivity index (χ2n) is 5.24. The van der Waals surface area contributed by atoms with E-state index in [1.54, 1.807) is 14.2 Å². The standard InChI is InChI=1S/C16H21NO3.C2H2O4/c1-12-4-6-14(20-12)11-17-9-8-13-5-7-15(18-2)16(10-13)19-3;3-1(4)2(5)6/h4-7,10,17H,8-9,11H2,1-3H3;(H,3,4)(H,5,6). The fourth-order valence-electron chi connectivity index (χ4n) is 2.06. The summed E-state index contributed by atoms with van der Waals surface area (Å²) >= 11 is 0. The molecule has 0 spiro atoms. The number of hydrogen-bond donors (Lipinski definition) is 3. The third-order valence-electron chi connectivity index (χ3n) is 3.32. The van der Waals surface area contributed by atoms with Crippen LogP contribution in [0.15, 0.2) is 34.7 Å². The van der Waals surface area contributed by atoms with Gasteiger partial charge >= 0.3 is 11.9 Å². The number of aliphatic carboxylic acids is 2. The summed E-state index contributed by atoms with van der Waals surface area (Å²) < 4.78 is 16.0. The van der Waals surface area contributed by atoms with E-state index in [2.05, 4.69) is 11.4 Å². The van der Waals surface area contributed by atoms with Crippen LogP contribution in [-0.4, -0.2) is 42.9 Å². The molecule has 0 atom stereocenters. The molecule has 1 aromatic heterocycles. The van der Waals surface area contributed by atoms with Gasteiger partial charge in [-0.2, -0.15) is 0 Å². The molecule has 0 radical (unpaired) electrons. The lowest BCUT2D eigenvalue weighted by molar-refractivity contribution is -0.159. The van der Waals surface area contributed by atoms with Gasteiger partial charge in [0.1, 0.15) is 11.5 Å². The average molecular weight is 365 g/mol. The van der Waals surface area contributed by atoms with Crippen molar-refractivity contribution in [1.29, 1.82) is 0 Å². The van der Waals surface area contributed by atoms with Crippen LogP contribution in [0.5, 0.6) is 11.5 Å². The molecule has 1 aromatic carbocycles. The lowest BCUT2D eigenvalue weighted by atomic mass is 10.1. The fourth-order valence-corrected chi connectivity index (χ4v) is 2.06. The topological polar surface area (TPSA) is 118 Å². The predicted octanol–water partition coefficient (Wildman–Crippen LogP) is 2.09. The van der Waals surface area contributed by atoms with Gasteiger partial charge < -0.3 is 29.4 Å². The Kier molecular flexibility index (Phi) is 8.72. The molecule has 0 saturated heterocycles. The van der Waals surface area contributed by atoms with Crippen molar-refractivity contribution in [3.05, 3.63) is 47.4 Å². The Labute approximate surface area is 151 Å². The highest BCUT2D eigenvalue weighted by Gasteiger charge is 2.05. The first-order valence-corrected chi connectivity index (χ1v) is 7.80. The predicted molar refractivity (Wildman–Crippen MR) is 93.7 cm³/mol. The van der Waals surface area contributed by atoms with E-state index >= 15 is 0 Å². The number of carboxylic acids is 2. The molecule has 0 aliphatic carbocycles. The van der Waals surface area contributed by atoms with Crippen molar-refractivity contribution in [2.75, 3.05) is 20.8 Å². The van der Waals surface area contributed by atoms with Gasteiger partial charge in [0.15, 0.2) is 11.5 Å². The maximum Gasteiger partial charge on any atom is 0.414 e. The Morgan fingerprint density at radius 3 is 2.19 bits per heavy atom.